The van der Waals surface area contributed by atoms with Crippen molar-refractivity contribution < 1.29 is 14.3 Å². The van der Waals surface area contributed by atoms with Gasteiger partial charge in [-0.05, 0) is 17.9 Å². The molecule has 1 amide bonds. The lowest BCUT2D eigenvalue weighted by atomic mass is 10.0. The summed E-state index contributed by atoms with van der Waals surface area (Å²) in [4.78, 5) is 11.6. The van der Waals surface area contributed by atoms with Gasteiger partial charge in [-0.15, -0.1) is 0 Å². The van der Waals surface area contributed by atoms with E-state index in [1.807, 2.05) is 30.3 Å². The molecule has 0 aromatic heterocycles. The molecule has 2 atom stereocenters. The number of amides is 1. The van der Waals surface area contributed by atoms with E-state index in [4.69, 9.17) is 9.47 Å². The Morgan fingerprint density at radius 3 is 2.89 bits per heavy atom. The van der Waals surface area contributed by atoms with Crippen LogP contribution in [0.15, 0.2) is 30.3 Å². The van der Waals surface area contributed by atoms with E-state index in [1.54, 1.807) is 0 Å². The molecule has 18 heavy (non-hydrogen) atoms. The van der Waals surface area contributed by atoms with Gasteiger partial charge in [-0.25, -0.2) is 4.79 Å². The lowest BCUT2D eigenvalue weighted by molar-refractivity contribution is 0.0342. The Labute approximate surface area is 107 Å². The maximum absolute atomic E-state index is 11.6. The fraction of sp³-hybridized carbons (Fsp3) is 0.500. The lowest BCUT2D eigenvalue weighted by Crippen LogP contribution is -2.43. The van der Waals surface area contributed by atoms with Crippen molar-refractivity contribution in [3.63, 3.8) is 0 Å². The molecule has 1 aliphatic rings. The van der Waals surface area contributed by atoms with Crippen molar-refractivity contribution in [3.05, 3.63) is 35.9 Å². The summed E-state index contributed by atoms with van der Waals surface area (Å²) in [7, 11) is 0. The van der Waals surface area contributed by atoms with E-state index >= 15 is 0 Å². The number of benzene rings is 1. The van der Waals surface area contributed by atoms with Crippen LogP contribution in [0.2, 0.25) is 0 Å². The van der Waals surface area contributed by atoms with Crippen LogP contribution in [0, 0.1) is 5.92 Å². The van der Waals surface area contributed by atoms with Crippen LogP contribution >= 0.6 is 0 Å². The number of ether oxygens (including phenoxy) is 2. The third-order valence-corrected chi connectivity index (χ3v) is 2.94. The second-order valence-corrected chi connectivity index (χ2v) is 4.78. The maximum atomic E-state index is 11.6. The van der Waals surface area contributed by atoms with Gasteiger partial charge in [-0.1, -0.05) is 37.3 Å². The second-order valence-electron chi connectivity index (χ2n) is 4.78. The quantitative estimate of drug-likeness (QED) is 0.894. The van der Waals surface area contributed by atoms with Crippen molar-refractivity contribution in [1.82, 2.24) is 5.32 Å². The fourth-order valence-corrected chi connectivity index (χ4v) is 2.07. The maximum Gasteiger partial charge on any atom is 0.407 e. The molecule has 1 N–H and O–H groups in total. The van der Waals surface area contributed by atoms with Gasteiger partial charge in [0.15, 0.2) is 0 Å². The summed E-state index contributed by atoms with van der Waals surface area (Å²) < 4.78 is 10.5. The Morgan fingerprint density at radius 1 is 1.39 bits per heavy atom. The number of hydrogen-bond donors (Lipinski definition) is 1. The minimum atomic E-state index is -0.374. The van der Waals surface area contributed by atoms with Gasteiger partial charge in [0, 0.05) is 6.61 Å². The zero-order chi connectivity index (χ0) is 12.8. The lowest BCUT2D eigenvalue weighted by Gasteiger charge is -2.27. The van der Waals surface area contributed by atoms with E-state index in [2.05, 4.69) is 12.2 Å². The molecule has 0 spiro atoms. The highest BCUT2D eigenvalue weighted by atomic mass is 16.5. The topological polar surface area (TPSA) is 47.6 Å². The van der Waals surface area contributed by atoms with Crippen LogP contribution in [-0.4, -0.2) is 25.3 Å². The standard InChI is InChI=1S/C14H19NO3/c1-11-7-13(10-17-8-11)15-14(16)18-9-12-5-3-2-4-6-12/h2-6,11,13H,7-10H2,1H3,(H,15,16). The molecule has 1 aromatic carbocycles. The van der Waals surface area contributed by atoms with E-state index in [0.717, 1.165) is 18.6 Å². The van der Waals surface area contributed by atoms with E-state index in [1.165, 1.54) is 0 Å². The zero-order valence-electron chi connectivity index (χ0n) is 10.6. The summed E-state index contributed by atoms with van der Waals surface area (Å²) in [5, 5.41) is 2.83. The van der Waals surface area contributed by atoms with Gasteiger partial charge in [0.1, 0.15) is 6.61 Å². The minimum Gasteiger partial charge on any atom is -0.445 e. The number of nitrogens with one attached hydrogen (secondary N) is 1. The number of rotatable bonds is 3. The van der Waals surface area contributed by atoms with E-state index < -0.39 is 0 Å². The van der Waals surface area contributed by atoms with Crippen molar-refractivity contribution in [3.8, 4) is 0 Å². The normalized spacial score (nSPS) is 23.4. The van der Waals surface area contributed by atoms with Crippen molar-refractivity contribution in [2.45, 2.75) is 26.0 Å². The molecule has 1 fully saturated rings. The Balaban J connectivity index is 1.72. The molecule has 4 nitrogen and oxygen atoms in total. The predicted molar refractivity (Wildman–Crippen MR) is 68.2 cm³/mol. The SMILES string of the molecule is CC1COCC(NC(=O)OCc2ccccc2)C1. The molecular weight excluding hydrogens is 230 g/mol. The fourth-order valence-electron chi connectivity index (χ4n) is 2.07. The molecule has 1 saturated heterocycles. The summed E-state index contributed by atoms with van der Waals surface area (Å²) in [6.07, 6.45) is 0.571. The molecule has 4 heteroatoms. The Morgan fingerprint density at radius 2 is 2.17 bits per heavy atom. The zero-order valence-corrected chi connectivity index (χ0v) is 10.6. The third-order valence-electron chi connectivity index (χ3n) is 2.94. The highest BCUT2D eigenvalue weighted by Crippen LogP contribution is 2.13. The highest BCUT2D eigenvalue weighted by Gasteiger charge is 2.21. The molecule has 0 saturated carbocycles. The molecule has 1 aromatic rings. The van der Waals surface area contributed by atoms with Gasteiger partial charge in [-0.2, -0.15) is 0 Å². The van der Waals surface area contributed by atoms with Crippen LogP contribution in [-0.2, 0) is 16.1 Å². The Bertz CT molecular complexity index is 380. The van der Waals surface area contributed by atoms with Crippen molar-refractivity contribution in [2.75, 3.05) is 13.2 Å². The summed E-state index contributed by atoms with van der Waals surface area (Å²) in [6, 6.07) is 9.71. The van der Waals surface area contributed by atoms with Crippen LogP contribution in [0.5, 0.6) is 0 Å². The van der Waals surface area contributed by atoms with Crippen molar-refractivity contribution in [1.29, 1.82) is 0 Å². The first kappa shape index (κ1) is 12.9. The smallest absolute Gasteiger partial charge is 0.407 e. The average molecular weight is 249 g/mol. The molecule has 0 radical (unpaired) electrons. The summed E-state index contributed by atoms with van der Waals surface area (Å²) >= 11 is 0. The van der Waals surface area contributed by atoms with E-state index in [-0.39, 0.29) is 12.1 Å². The first-order chi connectivity index (χ1) is 8.74. The van der Waals surface area contributed by atoms with Crippen molar-refractivity contribution >= 4 is 6.09 Å². The van der Waals surface area contributed by atoms with Gasteiger partial charge in [0.25, 0.3) is 0 Å². The van der Waals surface area contributed by atoms with Gasteiger partial charge in [-0.3, -0.25) is 0 Å². The highest BCUT2D eigenvalue weighted by molar-refractivity contribution is 5.67. The van der Waals surface area contributed by atoms with Crippen LogP contribution in [0.4, 0.5) is 4.79 Å². The second kappa shape index (κ2) is 6.40. The third kappa shape index (κ3) is 4.04. The van der Waals surface area contributed by atoms with Crippen molar-refractivity contribution in [2.24, 2.45) is 5.92 Å². The largest absolute Gasteiger partial charge is 0.445 e. The van der Waals surface area contributed by atoms with Gasteiger partial charge >= 0.3 is 6.09 Å². The van der Waals surface area contributed by atoms with E-state index in [9.17, 15) is 4.79 Å². The first-order valence-corrected chi connectivity index (χ1v) is 6.29. The van der Waals surface area contributed by atoms with Crippen LogP contribution in [0.1, 0.15) is 18.9 Å². The van der Waals surface area contributed by atoms with Gasteiger partial charge in [0.2, 0.25) is 0 Å². The summed E-state index contributed by atoms with van der Waals surface area (Å²) in [5.74, 6) is 0.484. The molecule has 98 valence electrons. The van der Waals surface area contributed by atoms with Gasteiger partial charge < -0.3 is 14.8 Å². The molecule has 1 aliphatic heterocycles. The molecule has 2 unspecified atom stereocenters. The number of carbonyl (C=O) groups excluding carboxylic acids is 1. The first-order valence-electron chi connectivity index (χ1n) is 6.29. The average Bonchev–Trinajstić information content (AvgIpc) is 2.38. The van der Waals surface area contributed by atoms with Crippen LogP contribution in [0.3, 0.4) is 0 Å². The van der Waals surface area contributed by atoms with Gasteiger partial charge in [0.05, 0.1) is 12.6 Å². The predicted octanol–water partition coefficient (Wildman–Crippen LogP) is 2.34. The monoisotopic (exact) mass is 249 g/mol. The molecule has 2 rings (SSSR count). The summed E-state index contributed by atoms with van der Waals surface area (Å²) in [6.45, 7) is 3.76. The molecular formula is C14H19NO3. The number of carbonyl (C=O) groups is 1. The Kier molecular flexibility index (Phi) is 4.59. The molecule has 0 bridgehead atoms. The van der Waals surface area contributed by atoms with Crippen LogP contribution in [0.25, 0.3) is 0 Å². The summed E-state index contributed by atoms with van der Waals surface area (Å²) in [5.41, 5.74) is 0.987. The van der Waals surface area contributed by atoms with Crippen LogP contribution < -0.4 is 5.32 Å². The number of hydrogen-bond acceptors (Lipinski definition) is 3. The molecule has 0 aliphatic carbocycles. The van der Waals surface area contributed by atoms with E-state index in [0.29, 0.717) is 19.1 Å². The minimum absolute atomic E-state index is 0.0667. The molecule has 1 heterocycles. The number of alkyl carbamates (subject to hydrolysis) is 1. The Hall–Kier alpha value is -1.55.